The third-order valence-electron chi connectivity index (χ3n) is 14.3. The minimum Gasteiger partial charge on any atom is -0.495 e. The molecule has 0 radical (unpaired) electrons. The van der Waals surface area contributed by atoms with Gasteiger partial charge in [-0.1, -0.05) is 62.8 Å². The molecule has 2 fully saturated rings. The molecule has 26 heteroatoms. The Balaban J connectivity index is 1.31. The topological polar surface area (TPSA) is 323 Å². The van der Waals surface area contributed by atoms with Crippen molar-refractivity contribution in [2.24, 2.45) is 17.6 Å². The van der Waals surface area contributed by atoms with Crippen LogP contribution in [0.1, 0.15) is 85.6 Å². The molecule has 82 heavy (non-hydrogen) atoms. The van der Waals surface area contributed by atoms with Crippen molar-refractivity contribution in [1.82, 2.24) is 42.1 Å². The largest absolute Gasteiger partial charge is 0.495 e. The number of unbranched alkanes of at least 4 members (excludes halogenated alkanes) is 1. The third-order valence-corrected chi connectivity index (χ3v) is 15.0. The number of thiocarbonyl (C=S) groups is 1. The first kappa shape index (κ1) is 65.5. The van der Waals surface area contributed by atoms with Gasteiger partial charge in [0.05, 0.1) is 25.3 Å². The fourth-order valence-electron chi connectivity index (χ4n) is 9.60. The lowest BCUT2D eigenvalue weighted by molar-refractivity contribution is -0.142. The average molecular weight is 1180 g/mol. The van der Waals surface area contributed by atoms with Crippen LogP contribution in [0, 0.1) is 11.8 Å². The summed E-state index contributed by atoms with van der Waals surface area (Å²) < 4.78 is 29.3. The lowest BCUT2D eigenvalue weighted by Gasteiger charge is -2.42. The number of anilines is 1. The highest BCUT2D eigenvalue weighted by Crippen LogP contribution is 2.49. The number of alkyl carbamates (subject to hydrolysis) is 2. The Kier molecular flexibility index (Phi) is 23.6. The highest BCUT2D eigenvalue weighted by molar-refractivity contribution is 7.80. The van der Waals surface area contributed by atoms with E-state index in [1.165, 1.54) is 56.5 Å². The molecule has 4 bridgehead atoms. The monoisotopic (exact) mass is 1180 g/mol. The van der Waals surface area contributed by atoms with E-state index < -0.39 is 96.1 Å². The van der Waals surface area contributed by atoms with Gasteiger partial charge in [0.1, 0.15) is 46.8 Å². The number of epoxide rings is 1. The summed E-state index contributed by atoms with van der Waals surface area (Å²) in [6, 6.07) is 0.721. The van der Waals surface area contributed by atoms with Gasteiger partial charge in [-0.2, -0.15) is 0 Å². The van der Waals surface area contributed by atoms with E-state index >= 15 is 0 Å². The molecule has 4 aliphatic heterocycles. The fourth-order valence-corrected chi connectivity index (χ4v) is 10.1. The van der Waals surface area contributed by atoms with Crippen LogP contribution in [0.5, 0.6) is 5.75 Å². The molecule has 9 amide bonds. The molecule has 1 aromatic rings. The number of primary amides is 1. The zero-order valence-corrected chi connectivity index (χ0v) is 49.3. The Morgan fingerprint density at radius 2 is 1.72 bits per heavy atom. The highest BCUT2D eigenvalue weighted by Gasteiger charge is 2.64. The van der Waals surface area contributed by atoms with Crippen molar-refractivity contribution in [3.05, 3.63) is 94.9 Å². The van der Waals surface area contributed by atoms with Crippen molar-refractivity contribution in [2.45, 2.75) is 134 Å². The Morgan fingerprint density at radius 3 is 2.37 bits per heavy atom. The molecule has 2 saturated heterocycles. The predicted molar refractivity (Wildman–Crippen MR) is 309 cm³/mol. The van der Waals surface area contributed by atoms with Crippen molar-refractivity contribution in [3.63, 3.8) is 0 Å². The van der Waals surface area contributed by atoms with E-state index in [1.807, 2.05) is 13.0 Å². The number of hydrogen-bond acceptors (Lipinski definition) is 15. The number of nitrogens with one attached hydrogen (secondary N) is 7. The molecule has 0 saturated carbocycles. The third kappa shape index (κ3) is 17.8. The summed E-state index contributed by atoms with van der Waals surface area (Å²) in [6.07, 6.45) is 7.33. The smallest absolute Gasteiger partial charge is 0.411 e. The Bertz CT molecular complexity index is 2750. The predicted octanol–water partition coefficient (Wildman–Crippen LogP) is 4.07. The van der Waals surface area contributed by atoms with Gasteiger partial charge in [0.25, 0.3) is 11.8 Å². The Labute approximate surface area is 488 Å². The van der Waals surface area contributed by atoms with Gasteiger partial charge in [-0.05, 0) is 107 Å². The number of benzene rings is 1. The average Bonchev–Trinajstić information content (AvgIpc) is 1.99. The maximum atomic E-state index is 14.4. The second kappa shape index (κ2) is 29.6. The van der Waals surface area contributed by atoms with Gasteiger partial charge in [-0.3, -0.25) is 39.5 Å². The minimum atomic E-state index is -1.90. The molecular weight excluding hydrogens is 1100 g/mol. The Morgan fingerprint density at radius 1 is 1.02 bits per heavy atom. The van der Waals surface area contributed by atoms with E-state index in [2.05, 4.69) is 43.8 Å². The number of methoxy groups -OCH3 is 2. The summed E-state index contributed by atoms with van der Waals surface area (Å²) in [5, 5.41) is 31.4. The van der Waals surface area contributed by atoms with Crippen LogP contribution in [0.4, 0.5) is 20.1 Å². The number of nitrogens with zero attached hydrogens (tertiary/aromatic N) is 2. The summed E-state index contributed by atoms with van der Waals surface area (Å²) >= 11 is 12.3. The number of carbonyl (C=O) groups excluding carboxylic acids is 8. The number of carbonyl (C=O) groups is 8. The molecule has 4 aliphatic rings. The first-order chi connectivity index (χ1) is 38.7. The van der Waals surface area contributed by atoms with E-state index in [4.69, 9.17) is 53.2 Å². The molecule has 9 atom stereocenters. The minimum absolute atomic E-state index is 0.0688. The molecule has 0 aromatic heterocycles. The van der Waals surface area contributed by atoms with Crippen LogP contribution in [0.3, 0.4) is 0 Å². The highest BCUT2D eigenvalue weighted by atomic mass is 35.5. The van der Waals surface area contributed by atoms with Gasteiger partial charge >= 0.3 is 18.2 Å². The van der Waals surface area contributed by atoms with Crippen molar-refractivity contribution < 1.29 is 67.1 Å². The zero-order chi connectivity index (χ0) is 60.6. The number of fused-ring (bicyclic) bond motifs is 5. The van der Waals surface area contributed by atoms with Gasteiger partial charge in [0, 0.05) is 69.7 Å². The van der Waals surface area contributed by atoms with Gasteiger partial charge in [-0.15, -0.1) is 0 Å². The van der Waals surface area contributed by atoms with Gasteiger partial charge in [0.15, 0.2) is 10.8 Å². The number of amides is 9. The van der Waals surface area contributed by atoms with E-state index in [9.17, 15) is 43.5 Å². The molecule has 1 aromatic carbocycles. The molecule has 10 N–H and O–H groups in total. The standard InChI is InChI=1S/C56H77ClN10O14S/c1-11-36(62-49(71)37(17-15-24-59-51(58)73)63-50(72)47(31(2)3)64-52(82)60-23-12-13-25-67-43(68)21-22-44(67)69)20-19-33(5)61-53(74)80-42-29-45(70)66(8)38-27-35(28-39(77-9)46(38)57)26-32(4)16-14-18-41(78-10)56(76)30-40(79-54(75)65-56)34(6)48-55(42,7)81-48/h11,14,16,18-22,27-28,31,34,37,40-42,47-48,76H,1,12-13,15,17,23-26,29-30H2,2-10H3,(H,61,74)(H,62,71)(H,63,72)(H,65,75)(H3,58,59,73)(H2,60,64,82)/b18-14+,32-16+,33-19+,36-20+/t34-,37+,40+,41-,42+,47+,48+,55+,56+/m1/s1. The van der Waals surface area contributed by atoms with E-state index in [0.717, 1.165) is 16.0 Å². The molecule has 4 heterocycles. The van der Waals surface area contributed by atoms with Crippen LogP contribution in [0.15, 0.2) is 84.3 Å². The van der Waals surface area contributed by atoms with Gasteiger partial charge in [0.2, 0.25) is 17.7 Å². The van der Waals surface area contributed by atoms with Crippen LogP contribution >= 0.6 is 23.8 Å². The number of aliphatic hydroxyl groups is 1. The number of nitrogens with two attached hydrogens (primary N) is 1. The first-order valence-corrected chi connectivity index (χ1v) is 27.6. The summed E-state index contributed by atoms with van der Waals surface area (Å²) in [6.45, 7) is 15.0. The molecule has 24 nitrogen and oxygen atoms in total. The van der Waals surface area contributed by atoms with Gasteiger partial charge in [-0.25, -0.2) is 14.4 Å². The quantitative estimate of drug-likeness (QED) is 0.0275. The maximum absolute atomic E-state index is 14.4. The van der Waals surface area contributed by atoms with Crippen molar-refractivity contribution in [2.75, 3.05) is 45.8 Å². The molecular formula is C56H77ClN10O14S. The second-order valence-corrected chi connectivity index (χ2v) is 21.8. The lowest BCUT2D eigenvalue weighted by Crippen LogP contribution is -2.63. The van der Waals surface area contributed by atoms with E-state index in [-0.39, 0.29) is 71.6 Å². The number of imide groups is 1. The first-order valence-electron chi connectivity index (χ1n) is 26.8. The van der Waals surface area contributed by atoms with Crippen molar-refractivity contribution in [3.8, 4) is 5.75 Å². The second-order valence-electron chi connectivity index (χ2n) is 21.0. The van der Waals surface area contributed by atoms with Crippen molar-refractivity contribution in [1.29, 1.82) is 0 Å². The summed E-state index contributed by atoms with van der Waals surface area (Å²) in [4.78, 5) is 107. The number of rotatable bonds is 21. The molecule has 0 unspecified atom stereocenters. The van der Waals surface area contributed by atoms with Crippen molar-refractivity contribution >= 4 is 82.4 Å². The van der Waals surface area contributed by atoms with E-state index in [1.54, 1.807) is 58.9 Å². The molecule has 448 valence electrons. The summed E-state index contributed by atoms with van der Waals surface area (Å²) in [5.74, 6) is -3.02. The van der Waals surface area contributed by atoms with E-state index in [0.29, 0.717) is 37.2 Å². The normalized spacial score (nSPS) is 25.7. The number of hydrogen-bond donors (Lipinski definition) is 9. The fraction of sp³-hybridized carbons (Fsp3) is 0.518. The molecule has 0 spiro atoms. The number of urea groups is 1. The van der Waals surface area contributed by atoms with Crippen LogP contribution in [-0.4, -0.2) is 152 Å². The van der Waals surface area contributed by atoms with Crippen LogP contribution in [0.2, 0.25) is 5.02 Å². The number of allylic oxidation sites excluding steroid dienone is 7. The lowest BCUT2D eigenvalue weighted by atomic mass is 9.83. The number of ether oxygens (including phenoxy) is 5. The van der Waals surface area contributed by atoms with Crippen LogP contribution < -0.4 is 52.6 Å². The SMILES string of the molecule is C=C/C(=C\C=C(/C)NC(=O)O[C@H]1CC(=O)N(C)c2cc(cc(OC)c2Cl)C/C(C)=C/C=C/[C@@H](OC)[C@@]2(O)C[C@H](OC(=O)N2)[C@@H](C)[C@@H]2O[C@@]12C)NC(=O)[C@H](CCCNC(N)=O)NC(=O)[C@@H](NC(=S)NCCCCN1C(=O)C=CC1=O)C(C)C. The number of halogens is 1. The van der Waals surface area contributed by atoms with Crippen LogP contribution in [-0.2, 0) is 49.3 Å². The van der Waals surface area contributed by atoms with Gasteiger partial charge < -0.3 is 66.0 Å². The Hall–Kier alpha value is -7.32. The summed E-state index contributed by atoms with van der Waals surface area (Å²) in [7, 11) is 4.40. The maximum Gasteiger partial charge on any atom is 0.411 e. The molecule has 5 rings (SSSR count). The zero-order valence-electron chi connectivity index (χ0n) is 47.7. The summed E-state index contributed by atoms with van der Waals surface area (Å²) in [5.41, 5.74) is 4.38. The molecule has 0 aliphatic carbocycles. The van der Waals surface area contributed by atoms with Crippen LogP contribution in [0.25, 0.3) is 0 Å².